The molecule has 1 aromatic heterocycles. The second-order valence-corrected chi connectivity index (χ2v) is 2.63. The van der Waals surface area contributed by atoms with Gasteiger partial charge in [-0.1, -0.05) is 12.7 Å². The van der Waals surface area contributed by atoms with E-state index in [0.717, 1.165) is 0 Å². The van der Waals surface area contributed by atoms with E-state index in [1.54, 1.807) is 12.1 Å². The molecule has 64 valence electrons. The Labute approximate surface area is 73.6 Å². The van der Waals surface area contributed by atoms with Crippen LogP contribution in [0.25, 0.3) is 17.4 Å². The van der Waals surface area contributed by atoms with Crippen LogP contribution in [0.3, 0.4) is 0 Å². The van der Waals surface area contributed by atoms with E-state index in [2.05, 4.69) is 6.58 Å². The molecule has 0 aliphatic heterocycles. The first kappa shape index (κ1) is 7.73. The highest BCUT2D eigenvalue weighted by atomic mass is 16.3. The summed E-state index contributed by atoms with van der Waals surface area (Å²) in [6, 6.07) is 3.31. The molecule has 0 saturated carbocycles. The summed E-state index contributed by atoms with van der Waals surface area (Å²) < 4.78 is 5.01. The van der Waals surface area contributed by atoms with Gasteiger partial charge in [-0.05, 0) is 12.1 Å². The Morgan fingerprint density at radius 3 is 2.62 bits per heavy atom. The molecule has 2 rings (SSSR count). The summed E-state index contributed by atoms with van der Waals surface area (Å²) in [5, 5.41) is 0. The fraction of sp³-hybridized carbons (Fsp3) is 0. The van der Waals surface area contributed by atoms with Crippen LogP contribution in [0.5, 0.6) is 0 Å². The van der Waals surface area contributed by atoms with Crippen molar-refractivity contribution >= 4 is 6.08 Å². The molecular formula is C10H6O3. The standard InChI is InChI=1S/C10H6O3/c1-2-6-8(10(12)9(6)11)7-4-3-5-13-7/h2-5H,1H2. The summed E-state index contributed by atoms with van der Waals surface area (Å²) >= 11 is 0. The third-order valence-corrected chi connectivity index (χ3v) is 1.92. The molecule has 0 spiro atoms. The summed E-state index contributed by atoms with van der Waals surface area (Å²) in [6.07, 6.45) is 2.83. The highest BCUT2D eigenvalue weighted by molar-refractivity contribution is 5.74. The predicted octanol–water partition coefficient (Wildman–Crippen LogP) is 1.19. The molecule has 0 fully saturated rings. The SMILES string of the molecule is C=Cc1c(-c2ccco2)c(=O)c1=O. The van der Waals surface area contributed by atoms with E-state index in [1.165, 1.54) is 12.3 Å². The van der Waals surface area contributed by atoms with Gasteiger partial charge in [0.25, 0.3) is 0 Å². The molecule has 0 N–H and O–H groups in total. The monoisotopic (exact) mass is 174 g/mol. The van der Waals surface area contributed by atoms with E-state index in [1.807, 2.05) is 0 Å². The van der Waals surface area contributed by atoms with Crippen LogP contribution >= 0.6 is 0 Å². The van der Waals surface area contributed by atoms with Crippen LogP contribution in [0.1, 0.15) is 5.56 Å². The van der Waals surface area contributed by atoms with Gasteiger partial charge in [-0.15, -0.1) is 0 Å². The molecule has 0 atom stereocenters. The zero-order chi connectivity index (χ0) is 9.42. The molecule has 0 radical (unpaired) electrons. The first-order chi connectivity index (χ1) is 6.25. The topological polar surface area (TPSA) is 47.3 Å². The van der Waals surface area contributed by atoms with Crippen molar-refractivity contribution in [2.75, 3.05) is 0 Å². The Hall–Kier alpha value is -1.90. The Balaban J connectivity index is 2.68. The fourth-order valence-corrected chi connectivity index (χ4v) is 1.27. The average molecular weight is 174 g/mol. The van der Waals surface area contributed by atoms with Gasteiger partial charge < -0.3 is 4.42 Å². The lowest BCUT2D eigenvalue weighted by molar-refractivity contribution is 0.581. The Kier molecular flexibility index (Phi) is 1.52. The predicted molar refractivity (Wildman–Crippen MR) is 49.1 cm³/mol. The van der Waals surface area contributed by atoms with E-state index >= 15 is 0 Å². The number of hydrogen-bond acceptors (Lipinski definition) is 3. The van der Waals surface area contributed by atoms with Gasteiger partial charge in [0.1, 0.15) is 5.76 Å². The maximum atomic E-state index is 11.1. The lowest BCUT2D eigenvalue weighted by atomic mass is 9.99. The minimum Gasteiger partial charge on any atom is -0.464 e. The molecule has 0 aliphatic carbocycles. The van der Waals surface area contributed by atoms with E-state index in [9.17, 15) is 9.59 Å². The van der Waals surface area contributed by atoms with Crippen molar-refractivity contribution in [3.05, 3.63) is 51.0 Å². The van der Waals surface area contributed by atoms with Crippen LogP contribution < -0.4 is 10.9 Å². The van der Waals surface area contributed by atoms with Crippen molar-refractivity contribution in [1.29, 1.82) is 0 Å². The van der Waals surface area contributed by atoms with Gasteiger partial charge in [0.05, 0.1) is 11.8 Å². The van der Waals surface area contributed by atoms with E-state index in [0.29, 0.717) is 16.9 Å². The van der Waals surface area contributed by atoms with Crippen molar-refractivity contribution in [3.8, 4) is 11.3 Å². The zero-order valence-electron chi connectivity index (χ0n) is 6.74. The maximum absolute atomic E-state index is 11.1. The second kappa shape index (κ2) is 2.55. The number of rotatable bonds is 2. The summed E-state index contributed by atoms with van der Waals surface area (Å²) in [5.74, 6) is 0.430. The van der Waals surface area contributed by atoms with Crippen molar-refractivity contribution in [2.24, 2.45) is 0 Å². The summed E-state index contributed by atoms with van der Waals surface area (Å²) in [4.78, 5) is 22.1. The number of hydrogen-bond donors (Lipinski definition) is 0. The normalized spacial score (nSPS) is 10.5. The lowest BCUT2D eigenvalue weighted by Gasteiger charge is -2.02. The average Bonchev–Trinajstić information content (AvgIpc) is 2.64. The van der Waals surface area contributed by atoms with Crippen molar-refractivity contribution < 1.29 is 4.42 Å². The quantitative estimate of drug-likeness (QED) is 0.642. The largest absolute Gasteiger partial charge is 0.464 e. The van der Waals surface area contributed by atoms with E-state index < -0.39 is 10.9 Å². The van der Waals surface area contributed by atoms with Crippen LogP contribution in [-0.2, 0) is 0 Å². The molecule has 3 nitrogen and oxygen atoms in total. The molecule has 3 heteroatoms. The minimum absolute atomic E-state index is 0.338. The van der Waals surface area contributed by atoms with Crippen LogP contribution in [0.2, 0.25) is 0 Å². The number of furan rings is 1. The Morgan fingerprint density at radius 2 is 2.08 bits per heavy atom. The first-order valence-electron chi connectivity index (χ1n) is 3.75. The molecule has 0 amide bonds. The third-order valence-electron chi connectivity index (χ3n) is 1.92. The van der Waals surface area contributed by atoms with E-state index in [-0.39, 0.29) is 0 Å². The molecule has 0 bridgehead atoms. The summed E-state index contributed by atoms with van der Waals surface area (Å²) in [7, 11) is 0. The van der Waals surface area contributed by atoms with Gasteiger partial charge in [-0.25, -0.2) is 0 Å². The van der Waals surface area contributed by atoms with E-state index in [4.69, 9.17) is 4.42 Å². The molecular weight excluding hydrogens is 168 g/mol. The van der Waals surface area contributed by atoms with Gasteiger partial charge in [0, 0.05) is 5.56 Å². The van der Waals surface area contributed by atoms with Crippen molar-refractivity contribution in [1.82, 2.24) is 0 Å². The maximum Gasteiger partial charge on any atom is 0.238 e. The van der Waals surface area contributed by atoms with Crippen LogP contribution in [-0.4, -0.2) is 0 Å². The molecule has 0 saturated heterocycles. The zero-order valence-corrected chi connectivity index (χ0v) is 6.74. The van der Waals surface area contributed by atoms with Gasteiger partial charge in [-0.2, -0.15) is 0 Å². The van der Waals surface area contributed by atoms with Gasteiger partial charge in [0.15, 0.2) is 0 Å². The summed E-state index contributed by atoms with van der Waals surface area (Å²) in [5.41, 5.74) is -0.295. The summed E-state index contributed by atoms with van der Waals surface area (Å²) in [6.45, 7) is 3.46. The second-order valence-electron chi connectivity index (χ2n) is 2.63. The highest BCUT2D eigenvalue weighted by Crippen LogP contribution is 2.20. The Bertz CT molecular complexity index is 511. The van der Waals surface area contributed by atoms with Crippen LogP contribution in [0.15, 0.2) is 39.0 Å². The van der Waals surface area contributed by atoms with Gasteiger partial charge in [0.2, 0.25) is 10.9 Å². The lowest BCUT2D eigenvalue weighted by Crippen LogP contribution is -2.35. The molecule has 1 heterocycles. The smallest absolute Gasteiger partial charge is 0.238 e. The molecule has 1 aromatic carbocycles. The highest BCUT2D eigenvalue weighted by Gasteiger charge is 2.21. The van der Waals surface area contributed by atoms with Crippen molar-refractivity contribution in [3.63, 3.8) is 0 Å². The van der Waals surface area contributed by atoms with Crippen molar-refractivity contribution in [2.45, 2.75) is 0 Å². The molecule has 13 heavy (non-hydrogen) atoms. The minimum atomic E-state index is -0.496. The van der Waals surface area contributed by atoms with Crippen LogP contribution in [0, 0.1) is 0 Å². The van der Waals surface area contributed by atoms with Gasteiger partial charge in [-0.3, -0.25) is 9.59 Å². The van der Waals surface area contributed by atoms with Gasteiger partial charge >= 0.3 is 0 Å². The first-order valence-corrected chi connectivity index (χ1v) is 3.75. The fourth-order valence-electron chi connectivity index (χ4n) is 1.27. The molecule has 2 aromatic rings. The molecule has 0 aliphatic rings. The Morgan fingerprint density at radius 1 is 1.31 bits per heavy atom. The third kappa shape index (κ3) is 0.902. The van der Waals surface area contributed by atoms with Crippen LogP contribution in [0.4, 0.5) is 0 Å². The molecule has 0 unspecified atom stereocenters.